The van der Waals surface area contributed by atoms with Gasteiger partial charge in [0.25, 0.3) is 10.0 Å². The lowest BCUT2D eigenvalue weighted by Gasteiger charge is -2.13. The van der Waals surface area contributed by atoms with Gasteiger partial charge in [-0.15, -0.1) is 10.2 Å². The number of aryl methyl sites for hydroxylation is 1. The zero-order valence-corrected chi connectivity index (χ0v) is 19.0. The smallest absolute Gasteiger partial charge is 0.269 e. The Hall–Kier alpha value is -2.67. The second-order valence-corrected chi connectivity index (χ2v) is 10.8. The van der Waals surface area contributed by atoms with Crippen LogP contribution in [-0.4, -0.2) is 46.8 Å². The number of nitrogens with zero attached hydrogens (tertiary/aromatic N) is 5. The van der Waals surface area contributed by atoms with E-state index in [2.05, 4.69) is 26.8 Å². The topological polar surface area (TPSA) is 131 Å². The van der Waals surface area contributed by atoms with E-state index in [9.17, 15) is 17.2 Å². The fraction of sp³-hybridized carbons (Fsp3) is 0.350. The fourth-order valence-electron chi connectivity index (χ4n) is 4.56. The molecule has 2 N–H and O–H groups in total. The molecule has 0 amide bonds. The van der Waals surface area contributed by atoms with Crippen molar-refractivity contribution in [2.75, 3.05) is 0 Å². The monoisotopic (exact) mass is 474 g/mol. The highest BCUT2D eigenvalue weighted by molar-refractivity contribution is 7.90. The van der Waals surface area contributed by atoms with Gasteiger partial charge in [-0.05, 0) is 43.9 Å². The summed E-state index contributed by atoms with van der Waals surface area (Å²) in [7, 11) is -3.83. The van der Waals surface area contributed by atoms with Crippen molar-refractivity contribution in [1.29, 1.82) is 0 Å². The Balaban J connectivity index is 1.61. The van der Waals surface area contributed by atoms with Crippen LogP contribution in [0.2, 0.25) is 0 Å². The molecule has 3 aromatic heterocycles. The van der Waals surface area contributed by atoms with E-state index in [4.69, 9.17) is 0 Å². The predicted molar refractivity (Wildman–Crippen MR) is 119 cm³/mol. The number of benzene rings is 1. The van der Waals surface area contributed by atoms with Crippen molar-refractivity contribution in [1.82, 2.24) is 28.3 Å². The first-order valence-corrected chi connectivity index (χ1v) is 12.7. The highest BCUT2D eigenvalue weighted by atomic mass is 32.2. The third-order valence-corrected chi connectivity index (χ3v) is 8.34. The summed E-state index contributed by atoms with van der Waals surface area (Å²) in [6.07, 6.45) is 4.36. The number of aromatic nitrogens is 5. The number of hydrogen-bond donors (Lipinski definition) is 2. The second kappa shape index (κ2) is 7.73. The van der Waals surface area contributed by atoms with Crippen molar-refractivity contribution >= 4 is 38.1 Å². The summed E-state index contributed by atoms with van der Waals surface area (Å²) in [5.74, 6) is 0.886. The van der Waals surface area contributed by atoms with E-state index in [0.717, 1.165) is 12.0 Å². The minimum atomic E-state index is -3.83. The fourth-order valence-corrected chi connectivity index (χ4v) is 6.33. The van der Waals surface area contributed by atoms with Crippen LogP contribution in [0.3, 0.4) is 0 Å². The first kappa shape index (κ1) is 21.2. The Bertz CT molecular complexity index is 1440. The highest BCUT2D eigenvalue weighted by Gasteiger charge is 2.36. The van der Waals surface area contributed by atoms with Gasteiger partial charge in [-0.2, -0.15) is 0 Å². The third kappa shape index (κ3) is 3.43. The predicted octanol–water partition coefficient (Wildman–Crippen LogP) is 2.23. The van der Waals surface area contributed by atoms with E-state index in [1.54, 1.807) is 30.3 Å². The maximum Gasteiger partial charge on any atom is 0.269 e. The van der Waals surface area contributed by atoms with Crippen LogP contribution in [0.5, 0.6) is 0 Å². The Morgan fingerprint density at radius 1 is 1.16 bits per heavy atom. The average molecular weight is 475 g/mol. The lowest BCUT2D eigenvalue weighted by atomic mass is 9.97. The molecule has 0 bridgehead atoms. The highest BCUT2D eigenvalue weighted by Crippen LogP contribution is 2.39. The van der Waals surface area contributed by atoms with Gasteiger partial charge in [0.15, 0.2) is 11.3 Å². The summed E-state index contributed by atoms with van der Waals surface area (Å²) in [5, 5.41) is 8.61. The standard InChI is InChI=1S/C20H22N6O4S2/c1-12-3-5-15(6-4-12)32(29,30)25-8-7-17-20(25)21-11-18-22-23-19(26(17)18)16-10-14(9-13(16)2)24-31(27)28/h3-8,11,13-14,16,24H,9-10H2,1-2H3,(H,27,28). The lowest BCUT2D eigenvalue weighted by Crippen LogP contribution is -2.28. The van der Waals surface area contributed by atoms with E-state index in [0.29, 0.717) is 23.4 Å². The quantitative estimate of drug-likeness (QED) is 0.424. The minimum absolute atomic E-state index is 0.00583. The minimum Gasteiger partial charge on any atom is -0.294 e. The van der Waals surface area contributed by atoms with Gasteiger partial charge < -0.3 is 0 Å². The van der Waals surface area contributed by atoms with Crippen LogP contribution < -0.4 is 4.72 Å². The molecule has 32 heavy (non-hydrogen) atoms. The molecule has 1 aliphatic carbocycles. The maximum absolute atomic E-state index is 13.3. The number of nitrogens with one attached hydrogen (secondary N) is 1. The molecule has 4 atom stereocenters. The molecule has 0 radical (unpaired) electrons. The molecule has 10 nitrogen and oxygen atoms in total. The molecule has 12 heteroatoms. The molecule has 1 fully saturated rings. The summed E-state index contributed by atoms with van der Waals surface area (Å²) in [6, 6.07) is 8.26. The molecule has 0 saturated heterocycles. The Morgan fingerprint density at radius 2 is 1.91 bits per heavy atom. The second-order valence-electron chi connectivity index (χ2n) is 8.27. The van der Waals surface area contributed by atoms with Crippen LogP contribution in [0.25, 0.3) is 16.8 Å². The van der Waals surface area contributed by atoms with Crippen molar-refractivity contribution in [3.63, 3.8) is 0 Å². The van der Waals surface area contributed by atoms with Crippen LogP contribution in [-0.2, 0) is 21.3 Å². The zero-order chi connectivity index (χ0) is 22.6. The van der Waals surface area contributed by atoms with Gasteiger partial charge in [0.05, 0.1) is 16.6 Å². The van der Waals surface area contributed by atoms with Crippen molar-refractivity contribution in [3.05, 3.63) is 54.1 Å². The molecule has 168 valence electrons. The third-order valence-electron chi connectivity index (χ3n) is 6.12. The number of hydrogen-bond acceptors (Lipinski definition) is 6. The van der Waals surface area contributed by atoms with Gasteiger partial charge in [0.2, 0.25) is 11.3 Å². The molecule has 4 unspecified atom stereocenters. The summed E-state index contributed by atoms with van der Waals surface area (Å²) < 4.78 is 52.5. The van der Waals surface area contributed by atoms with Gasteiger partial charge in [-0.25, -0.2) is 26.3 Å². The van der Waals surface area contributed by atoms with Crippen molar-refractivity contribution in [3.8, 4) is 0 Å². The van der Waals surface area contributed by atoms with E-state index in [1.807, 2.05) is 11.3 Å². The van der Waals surface area contributed by atoms with E-state index >= 15 is 0 Å². The van der Waals surface area contributed by atoms with Crippen molar-refractivity contribution in [2.24, 2.45) is 5.92 Å². The zero-order valence-electron chi connectivity index (χ0n) is 17.4. The maximum atomic E-state index is 13.3. The van der Waals surface area contributed by atoms with Gasteiger partial charge >= 0.3 is 0 Å². The molecule has 5 rings (SSSR count). The first-order valence-electron chi connectivity index (χ1n) is 10.2. The SMILES string of the molecule is Cc1ccc(S(=O)(=O)n2ccc3c2ncc2nnc(C4CC(NS(=O)O)CC4C)n23)cc1. The molecule has 1 saturated carbocycles. The lowest BCUT2D eigenvalue weighted by molar-refractivity contribution is 0.504. The molecule has 1 aromatic carbocycles. The van der Waals surface area contributed by atoms with Crippen LogP contribution in [0, 0.1) is 12.8 Å². The van der Waals surface area contributed by atoms with Crippen LogP contribution in [0.15, 0.2) is 47.6 Å². The molecule has 0 spiro atoms. The average Bonchev–Trinajstić information content (AvgIpc) is 3.43. The van der Waals surface area contributed by atoms with Gasteiger partial charge in [-0.3, -0.25) is 8.95 Å². The molecular weight excluding hydrogens is 452 g/mol. The van der Waals surface area contributed by atoms with Crippen molar-refractivity contribution < 1.29 is 17.2 Å². The van der Waals surface area contributed by atoms with Gasteiger partial charge in [-0.1, -0.05) is 24.6 Å². The van der Waals surface area contributed by atoms with Crippen LogP contribution in [0.1, 0.15) is 37.1 Å². The van der Waals surface area contributed by atoms with E-state index in [1.165, 1.54) is 16.4 Å². The van der Waals surface area contributed by atoms with Gasteiger partial charge in [0, 0.05) is 18.2 Å². The molecule has 3 heterocycles. The van der Waals surface area contributed by atoms with E-state index < -0.39 is 21.3 Å². The Labute approximate surface area is 187 Å². The van der Waals surface area contributed by atoms with E-state index in [-0.39, 0.29) is 28.4 Å². The largest absolute Gasteiger partial charge is 0.294 e. The molecule has 0 aliphatic heterocycles. The summed E-state index contributed by atoms with van der Waals surface area (Å²) in [6.45, 7) is 3.97. The molecule has 4 aromatic rings. The number of fused-ring (bicyclic) bond motifs is 3. The van der Waals surface area contributed by atoms with Crippen LogP contribution >= 0.6 is 0 Å². The molecular formula is C20H22N6O4S2. The van der Waals surface area contributed by atoms with Gasteiger partial charge in [0.1, 0.15) is 5.82 Å². The Kier molecular flexibility index (Phi) is 5.12. The summed E-state index contributed by atoms with van der Waals surface area (Å²) in [5.41, 5.74) is 2.37. The Morgan fingerprint density at radius 3 is 2.62 bits per heavy atom. The normalized spacial score (nSPS) is 22.7. The summed E-state index contributed by atoms with van der Waals surface area (Å²) in [4.78, 5) is 4.55. The summed E-state index contributed by atoms with van der Waals surface area (Å²) >= 11 is -2.08. The van der Waals surface area contributed by atoms with Crippen molar-refractivity contribution in [2.45, 2.75) is 43.5 Å². The molecule has 1 aliphatic rings. The number of rotatable bonds is 5. The first-order chi connectivity index (χ1) is 15.3. The van der Waals surface area contributed by atoms with Crippen LogP contribution in [0.4, 0.5) is 0 Å².